The zero-order valence-electron chi connectivity index (χ0n) is 48.3. The third-order valence-electron chi connectivity index (χ3n) is 15.0. The second-order valence-electron chi connectivity index (χ2n) is 21.8. The van der Waals surface area contributed by atoms with Crippen molar-refractivity contribution in [3.8, 4) is 0 Å². The average molecular weight is 1140 g/mol. The van der Waals surface area contributed by atoms with Gasteiger partial charge in [0, 0.05) is 6.42 Å². The van der Waals surface area contributed by atoms with Gasteiger partial charge in [0.05, 0.1) is 38.6 Å². The zero-order chi connectivity index (χ0) is 58.3. The van der Waals surface area contributed by atoms with E-state index in [1.165, 1.54) is 83.5 Å². The monoisotopic (exact) mass is 1140 g/mol. The Hall–Kier alpha value is -2.51. The van der Waals surface area contributed by atoms with E-state index in [2.05, 4.69) is 67.8 Å². The summed E-state index contributed by atoms with van der Waals surface area (Å²) in [5.74, 6) is -0.294. The molecule has 3 aliphatic heterocycles. The smallest absolute Gasteiger partial charge is 0.220 e. The van der Waals surface area contributed by atoms with Crippen LogP contribution >= 0.6 is 0 Å². The summed E-state index contributed by atoms with van der Waals surface area (Å²) >= 11 is 0. The van der Waals surface area contributed by atoms with Crippen LogP contribution < -0.4 is 5.32 Å². The third-order valence-corrected chi connectivity index (χ3v) is 15.0. The predicted molar refractivity (Wildman–Crippen MR) is 305 cm³/mol. The Kier molecular flexibility index (Phi) is 39.5. The van der Waals surface area contributed by atoms with Gasteiger partial charge in [-0.15, -0.1) is 0 Å². The average Bonchev–Trinajstić information content (AvgIpc) is 3.55. The maximum Gasteiger partial charge on any atom is 0.220 e. The van der Waals surface area contributed by atoms with Crippen molar-refractivity contribution >= 4 is 5.91 Å². The number of hydrogen-bond acceptors (Lipinski definition) is 18. The molecular formula is C61H107NO18. The second-order valence-corrected chi connectivity index (χ2v) is 21.8. The van der Waals surface area contributed by atoms with Crippen LogP contribution in [-0.4, -0.2) is 193 Å². The minimum atomic E-state index is -1.98. The number of unbranched alkanes of at least 4 members (excludes halogenated alkanes) is 20. The van der Waals surface area contributed by atoms with Gasteiger partial charge < -0.3 is 89.9 Å². The molecule has 0 aromatic heterocycles. The van der Waals surface area contributed by atoms with Gasteiger partial charge >= 0.3 is 0 Å². The van der Waals surface area contributed by atoms with Crippen LogP contribution in [0.4, 0.5) is 0 Å². The maximum absolute atomic E-state index is 13.3. The van der Waals surface area contributed by atoms with Crippen molar-refractivity contribution in [2.75, 3.05) is 26.4 Å². The Labute approximate surface area is 477 Å². The van der Waals surface area contributed by atoms with Gasteiger partial charge in [-0.05, 0) is 64.2 Å². The Morgan fingerprint density at radius 3 is 1.38 bits per heavy atom. The van der Waals surface area contributed by atoms with Crippen LogP contribution in [0.1, 0.15) is 187 Å². The van der Waals surface area contributed by atoms with E-state index in [0.29, 0.717) is 12.8 Å². The molecule has 0 aromatic carbocycles. The summed E-state index contributed by atoms with van der Waals surface area (Å²) < 4.78 is 34.1. The van der Waals surface area contributed by atoms with E-state index in [0.717, 1.165) is 70.6 Å². The molecule has 3 fully saturated rings. The Bertz CT molecular complexity index is 1700. The first-order valence-electron chi connectivity index (χ1n) is 30.5. The Balaban J connectivity index is 1.40. The van der Waals surface area contributed by atoms with Gasteiger partial charge in [-0.1, -0.05) is 177 Å². The van der Waals surface area contributed by atoms with E-state index < -0.39 is 124 Å². The van der Waals surface area contributed by atoms with Gasteiger partial charge in [-0.25, -0.2) is 0 Å². The molecular weight excluding hydrogens is 1030 g/mol. The van der Waals surface area contributed by atoms with Crippen molar-refractivity contribution in [2.24, 2.45) is 0 Å². The standard InChI is InChI=1S/C61H107NO18/c1-3-5-7-9-11-13-14-15-16-17-18-19-20-21-22-23-24-25-26-27-28-29-30-31-33-35-37-39-49(67)62-44(45(66)38-36-34-32-12-10-8-6-4-2)43-75-59-55(73)52(70)57(47(41-64)77-59)80-61-56(74)53(71)58(48(42-65)78-61)79-60-54(72)51(69)50(68)46(40-63)76-60/h10,12,14-15,17-18,20-21,36,38,44-48,50-61,63-66,68-74H,3-9,11,13,16,19,22-35,37,39-43H2,1-2H3,(H,62,67)/b12-10+,15-14-,18-17-,21-20-,38-36+. The fourth-order valence-corrected chi connectivity index (χ4v) is 9.96. The molecule has 17 unspecified atom stereocenters. The SMILES string of the molecule is CCCC/C=C/CC/C=C/C(O)C(COC1OC(CO)C(OC2OC(CO)C(OC3OC(CO)C(O)C(O)C3O)C(O)C2O)C(O)C1O)NC(=O)CCCCCCCCCCCCCC/C=C\C/C=C\C/C=C\CCCCCCC. The minimum Gasteiger partial charge on any atom is -0.394 e. The van der Waals surface area contributed by atoms with Crippen molar-refractivity contribution in [3.63, 3.8) is 0 Å². The lowest BCUT2D eigenvalue weighted by molar-refractivity contribution is -0.379. The molecule has 0 saturated carbocycles. The Morgan fingerprint density at radius 2 is 0.850 bits per heavy atom. The highest BCUT2D eigenvalue weighted by Crippen LogP contribution is 2.33. The van der Waals surface area contributed by atoms with Gasteiger partial charge in [0.2, 0.25) is 5.91 Å². The van der Waals surface area contributed by atoms with Gasteiger partial charge in [0.25, 0.3) is 0 Å². The summed E-state index contributed by atoms with van der Waals surface area (Å²) in [6.07, 6.45) is 23.9. The summed E-state index contributed by atoms with van der Waals surface area (Å²) in [4.78, 5) is 13.3. The highest BCUT2D eigenvalue weighted by molar-refractivity contribution is 5.76. The number of aliphatic hydroxyl groups excluding tert-OH is 11. The summed E-state index contributed by atoms with van der Waals surface area (Å²) in [5.41, 5.74) is 0. The first kappa shape index (κ1) is 71.8. The highest BCUT2D eigenvalue weighted by atomic mass is 16.8. The number of carbonyl (C=O) groups is 1. The molecule has 0 bridgehead atoms. The van der Waals surface area contributed by atoms with E-state index in [-0.39, 0.29) is 18.9 Å². The molecule has 19 nitrogen and oxygen atoms in total. The number of nitrogens with one attached hydrogen (secondary N) is 1. The first-order chi connectivity index (χ1) is 38.8. The van der Waals surface area contributed by atoms with E-state index in [1.54, 1.807) is 6.08 Å². The Morgan fingerprint density at radius 1 is 0.450 bits per heavy atom. The number of amides is 1. The number of aliphatic hydroxyl groups is 11. The van der Waals surface area contributed by atoms with Crippen LogP contribution in [0, 0.1) is 0 Å². The highest BCUT2D eigenvalue weighted by Gasteiger charge is 2.53. The van der Waals surface area contributed by atoms with Crippen LogP contribution in [0.15, 0.2) is 60.8 Å². The number of allylic oxidation sites excluding steroid dienone is 9. The molecule has 3 rings (SSSR count). The van der Waals surface area contributed by atoms with Crippen LogP contribution in [0.2, 0.25) is 0 Å². The van der Waals surface area contributed by atoms with Crippen LogP contribution in [0.3, 0.4) is 0 Å². The van der Waals surface area contributed by atoms with Gasteiger partial charge in [-0.2, -0.15) is 0 Å². The number of ether oxygens (including phenoxy) is 6. The zero-order valence-corrected chi connectivity index (χ0v) is 48.3. The number of carbonyl (C=O) groups excluding carboxylic acids is 1. The quantitative estimate of drug-likeness (QED) is 0.0259. The van der Waals surface area contributed by atoms with Crippen LogP contribution in [-0.2, 0) is 33.2 Å². The molecule has 17 atom stereocenters. The number of rotatable bonds is 44. The summed E-state index contributed by atoms with van der Waals surface area (Å²) in [5, 5.41) is 120. The van der Waals surface area contributed by atoms with E-state index >= 15 is 0 Å². The summed E-state index contributed by atoms with van der Waals surface area (Å²) in [6.45, 7) is 1.59. The lowest BCUT2D eigenvalue weighted by Crippen LogP contribution is -2.66. The minimum absolute atomic E-state index is 0.230. The summed E-state index contributed by atoms with van der Waals surface area (Å²) in [7, 11) is 0. The lowest BCUT2D eigenvalue weighted by Gasteiger charge is -2.48. The van der Waals surface area contributed by atoms with E-state index in [4.69, 9.17) is 28.4 Å². The fraction of sp³-hybridized carbons (Fsp3) is 0.820. The van der Waals surface area contributed by atoms with E-state index in [1.807, 2.05) is 6.08 Å². The van der Waals surface area contributed by atoms with Crippen molar-refractivity contribution in [1.29, 1.82) is 0 Å². The van der Waals surface area contributed by atoms with Crippen LogP contribution in [0.25, 0.3) is 0 Å². The molecule has 0 spiro atoms. The molecule has 1 amide bonds. The third kappa shape index (κ3) is 27.5. The largest absolute Gasteiger partial charge is 0.394 e. The fourth-order valence-electron chi connectivity index (χ4n) is 9.96. The van der Waals surface area contributed by atoms with Crippen molar-refractivity contribution in [1.82, 2.24) is 5.32 Å². The van der Waals surface area contributed by atoms with E-state index in [9.17, 15) is 61.0 Å². The molecule has 3 heterocycles. The summed E-state index contributed by atoms with van der Waals surface area (Å²) in [6, 6.07) is -0.990. The molecule has 3 aliphatic rings. The normalized spacial score (nSPS) is 30.4. The molecule has 0 aromatic rings. The second kappa shape index (κ2) is 44.0. The van der Waals surface area contributed by atoms with Gasteiger partial charge in [-0.3, -0.25) is 4.79 Å². The van der Waals surface area contributed by atoms with Gasteiger partial charge in [0.15, 0.2) is 18.9 Å². The predicted octanol–water partition coefficient (Wildman–Crippen LogP) is 5.65. The topological polar surface area (TPSA) is 307 Å². The number of hydrogen-bond donors (Lipinski definition) is 12. The molecule has 464 valence electrons. The maximum atomic E-state index is 13.3. The van der Waals surface area contributed by atoms with Crippen molar-refractivity contribution < 1.29 is 89.4 Å². The molecule has 80 heavy (non-hydrogen) atoms. The first-order valence-corrected chi connectivity index (χ1v) is 30.5. The van der Waals surface area contributed by atoms with Crippen molar-refractivity contribution in [3.05, 3.63) is 60.8 Å². The van der Waals surface area contributed by atoms with Gasteiger partial charge in [0.1, 0.15) is 73.2 Å². The molecule has 12 N–H and O–H groups in total. The molecule has 3 saturated heterocycles. The van der Waals surface area contributed by atoms with Crippen LogP contribution in [0.5, 0.6) is 0 Å². The lowest BCUT2D eigenvalue weighted by atomic mass is 9.96. The molecule has 19 heteroatoms. The van der Waals surface area contributed by atoms with Crippen molar-refractivity contribution in [2.45, 2.75) is 291 Å². The molecule has 0 aliphatic carbocycles. The molecule has 0 radical (unpaired) electrons.